The summed E-state index contributed by atoms with van der Waals surface area (Å²) in [4.78, 5) is 13.2. The number of hydrogen-bond donors (Lipinski definition) is 1. The maximum Gasteiger partial charge on any atom is 0.226 e. The Balaban J connectivity index is -0.000000167. The number of nitrogens with two attached hydrogens (primary N) is 1. The molecule has 0 rings (SSSR count). The van der Waals surface area contributed by atoms with Crippen molar-refractivity contribution in [2.24, 2.45) is 16.8 Å². The summed E-state index contributed by atoms with van der Waals surface area (Å²) in [6, 6.07) is -0.704. The number of hydrogen-bond acceptors (Lipinski definition) is 2. The van der Waals surface area contributed by atoms with Crippen molar-refractivity contribution in [3.05, 3.63) is 10.4 Å². The van der Waals surface area contributed by atoms with E-state index in [0.29, 0.717) is 0 Å². The largest absolute Gasteiger partial charge is 0.369 e. The Hall–Kier alpha value is -1.22. The van der Waals surface area contributed by atoms with Gasteiger partial charge < -0.3 is 5.73 Å². The van der Waals surface area contributed by atoms with Crippen LogP contribution in [0.1, 0.15) is 24.5 Å². The molecule has 0 aromatic carbocycles. The number of carbonyl (C=O) groups is 1. The second-order valence-corrected chi connectivity index (χ2v) is 2.44. The SMILES string of the molecule is CC[C@H](C)C(N=[N+]=[N-])C(N)=O.[HH].[HH].[HH]. The summed E-state index contributed by atoms with van der Waals surface area (Å²) in [6.45, 7) is 3.73. The van der Waals surface area contributed by atoms with E-state index < -0.39 is 11.9 Å². The van der Waals surface area contributed by atoms with Crippen molar-refractivity contribution in [3.63, 3.8) is 0 Å². The molecule has 0 saturated carbocycles. The molecule has 0 fully saturated rings. The minimum Gasteiger partial charge on any atom is -0.369 e. The number of nitrogens with zero attached hydrogens (tertiary/aromatic N) is 3. The molecule has 0 aliphatic carbocycles. The number of amides is 1. The highest BCUT2D eigenvalue weighted by Gasteiger charge is 2.19. The van der Waals surface area contributed by atoms with Crippen LogP contribution >= 0.6 is 0 Å². The van der Waals surface area contributed by atoms with Crippen molar-refractivity contribution < 1.29 is 9.07 Å². The van der Waals surface area contributed by atoms with Gasteiger partial charge in [0.1, 0.15) is 6.04 Å². The monoisotopic (exact) mass is 162 g/mol. The van der Waals surface area contributed by atoms with Gasteiger partial charge in [-0.15, -0.1) is 0 Å². The van der Waals surface area contributed by atoms with Crippen LogP contribution in [0.3, 0.4) is 0 Å². The lowest BCUT2D eigenvalue weighted by Gasteiger charge is -2.12. The molecule has 0 aromatic heterocycles. The van der Waals surface area contributed by atoms with E-state index in [0.717, 1.165) is 6.42 Å². The predicted octanol–water partition coefficient (Wildman–Crippen LogP) is 1.93. The Morgan fingerprint density at radius 3 is 2.73 bits per heavy atom. The molecule has 5 heteroatoms. The highest BCUT2D eigenvalue weighted by molar-refractivity contribution is 5.80. The quantitative estimate of drug-likeness (QED) is 0.382. The van der Waals surface area contributed by atoms with E-state index >= 15 is 0 Å². The first kappa shape index (κ1) is 9.78. The van der Waals surface area contributed by atoms with Gasteiger partial charge in [-0.1, -0.05) is 25.4 Å². The second kappa shape index (κ2) is 4.57. The lowest BCUT2D eigenvalue weighted by atomic mass is 10.00. The maximum atomic E-state index is 10.6. The molecule has 1 amide bonds. The molecular formula is C6H18N4O. The van der Waals surface area contributed by atoms with Crippen molar-refractivity contribution in [2.45, 2.75) is 26.3 Å². The molecule has 0 saturated heterocycles. The van der Waals surface area contributed by atoms with Crippen LogP contribution in [0.15, 0.2) is 5.11 Å². The lowest BCUT2D eigenvalue weighted by Crippen LogP contribution is -2.31. The Labute approximate surface area is 69.7 Å². The molecule has 0 bridgehead atoms. The molecule has 0 spiro atoms. The molecule has 0 aromatic rings. The normalized spacial score (nSPS) is 14.7. The van der Waals surface area contributed by atoms with Crippen LogP contribution in [0, 0.1) is 5.92 Å². The van der Waals surface area contributed by atoms with Gasteiger partial charge in [0, 0.05) is 9.19 Å². The van der Waals surface area contributed by atoms with Crippen molar-refractivity contribution in [2.75, 3.05) is 0 Å². The van der Waals surface area contributed by atoms with Gasteiger partial charge >= 0.3 is 0 Å². The van der Waals surface area contributed by atoms with E-state index in [2.05, 4.69) is 10.0 Å². The molecule has 0 aliphatic heterocycles. The molecule has 68 valence electrons. The third-order valence-corrected chi connectivity index (χ3v) is 1.65. The average molecular weight is 162 g/mol. The van der Waals surface area contributed by atoms with E-state index in [4.69, 9.17) is 11.3 Å². The fraction of sp³-hybridized carbons (Fsp3) is 0.833. The molecule has 0 heterocycles. The molecule has 11 heavy (non-hydrogen) atoms. The topological polar surface area (TPSA) is 91.8 Å². The van der Waals surface area contributed by atoms with Gasteiger partial charge in [0.25, 0.3) is 0 Å². The minimum absolute atomic E-state index is 0. The van der Waals surface area contributed by atoms with Gasteiger partial charge in [-0.05, 0) is 11.4 Å². The Kier molecular flexibility index (Phi) is 4.07. The third kappa shape index (κ3) is 2.91. The van der Waals surface area contributed by atoms with E-state index in [1.54, 1.807) is 0 Å². The number of rotatable bonds is 4. The van der Waals surface area contributed by atoms with Gasteiger partial charge in [-0.25, -0.2) is 0 Å². The van der Waals surface area contributed by atoms with Gasteiger partial charge in [0.15, 0.2) is 0 Å². The number of carbonyl (C=O) groups excluding carboxylic acids is 1. The molecular weight excluding hydrogens is 144 g/mol. The van der Waals surface area contributed by atoms with E-state index in [1.807, 2.05) is 13.8 Å². The molecule has 2 atom stereocenters. The number of primary amides is 1. The lowest BCUT2D eigenvalue weighted by molar-refractivity contribution is -0.120. The van der Waals surface area contributed by atoms with Gasteiger partial charge in [0.05, 0.1) is 0 Å². The van der Waals surface area contributed by atoms with Crippen molar-refractivity contribution >= 4 is 5.91 Å². The zero-order valence-corrected chi connectivity index (χ0v) is 6.69. The summed E-state index contributed by atoms with van der Waals surface area (Å²) in [5, 5.41) is 3.30. The van der Waals surface area contributed by atoms with Crippen LogP contribution in [0.4, 0.5) is 0 Å². The zero-order chi connectivity index (χ0) is 8.85. The van der Waals surface area contributed by atoms with Gasteiger partial charge in [0.2, 0.25) is 5.91 Å². The summed E-state index contributed by atoms with van der Waals surface area (Å²) >= 11 is 0. The Morgan fingerprint density at radius 2 is 2.45 bits per heavy atom. The Morgan fingerprint density at radius 1 is 1.91 bits per heavy atom. The molecule has 0 aliphatic rings. The zero-order valence-electron chi connectivity index (χ0n) is 6.69. The molecule has 2 N–H and O–H groups in total. The maximum absolute atomic E-state index is 10.6. The van der Waals surface area contributed by atoms with Crippen LogP contribution in [0.2, 0.25) is 0 Å². The van der Waals surface area contributed by atoms with Crippen LogP contribution in [0.25, 0.3) is 10.4 Å². The second-order valence-electron chi connectivity index (χ2n) is 2.44. The van der Waals surface area contributed by atoms with Crippen molar-refractivity contribution in [1.29, 1.82) is 0 Å². The number of azide groups is 1. The predicted molar refractivity (Wildman–Crippen MR) is 47.9 cm³/mol. The van der Waals surface area contributed by atoms with Gasteiger partial charge in [-0.3, -0.25) is 4.79 Å². The summed E-state index contributed by atoms with van der Waals surface area (Å²) in [7, 11) is 0. The van der Waals surface area contributed by atoms with Crippen LogP contribution in [-0.4, -0.2) is 11.9 Å². The highest BCUT2D eigenvalue weighted by atomic mass is 16.1. The molecule has 5 nitrogen and oxygen atoms in total. The van der Waals surface area contributed by atoms with Gasteiger partial charge in [-0.2, -0.15) is 0 Å². The van der Waals surface area contributed by atoms with Crippen molar-refractivity contribution in [1.82, 2.24) is 0 Å². The van der Waals surface area contributed by atoms with Crippen LogP contribution < -0.4 is 5.73 Å². The van der Waals surface area contributed by atoms with Crippen LogP contribution in [-0.2, 0) is 4.79 Å². The first-order valence-electron chi connectivity index (χ1n) is 3.47. The van der Waals surface area contributed by atoms with Crippen LogP contribution in [0.5, 0.6) is 0 Å². The molecule has 1 unspecified atom stereocenters. The van der Waals surface area contributed by atoms with E-state index in [1.165, 1.54) is 0 Å². The van der Waals surface area contributed by atoms with Crippen molar-refractivity contribution in [3.8, 4) is 0 Å². The fourth-order valence-corrected chi connectivity index (χ4v) is 0.730. The summed E-state index contributed by atoms with van der Waals surface area (Å²) in [5.41, 5.74) is 13.1. The standard InChI is InChI=1S/C6H12N4O.3H2/c1-3-4(2)5(6(7)11)9-10-8;;;/h4-5H,3H2,1-2H3,(H2,7,11);3*1H/t4-,5?;;;/m0.../s1. The highest BCUT2D eigenvalue weighted by Crippen LogP contribution is 2.10. The summed E-state index contributed by atoms with van der Waals surface area (Å²) < 4.78 is 0. The average Bonchev–Trinajstić information content (AvgIpc) is 1.98. The first-order chi connectivity index (χ1) is 5.13. The summed E-state index contributed by atoms with van der Waals surface area (Å²) in [5.74, 6) is -0.541. The molecule has 0 radical (unpaired) electrons. The third-order valence-electron chi connectivity index (χ3n) is 1.65. The smallest absolute Gasteiger partial charge is 0.226 e. The van der Waals surface area contributed by atoms with E-state index in [9.17, 15) is 4.79 Å². The minimum atomic E-state index is -0.704. The first-order valence-corrected chi connectivity index (χ1v) is 3.47. The Bertz CT molecular complexity index is 194. The fourth-order valence-electron chi connectivity index (χ4n) is 0.730. The summed E-state index contributed by atoms with van der Waals surface area (Å²) in [6.07, 6.45) is 0.770. The van der Waals surface area contributed by atoms with E-state index in [-0.39, 0.29) is 10.2 Å².